The number of rotatable bonds is 3. The first-order valence-electron chi connectivity index (χ1n) is 5.19. The number of benzene rings is 2. The Morgan fingerprint density at radius 1 is 1.11 bits per heavy atom. The fourth-order valence-corrected chi connectivity index (χ4v) is 1.65. The Kier molecular flexibility index (Phi) is 3.39. The van der Waals surface area contributed by atoms with Gasteiger partial charge in [0.25, 0.3) is 5.91 Å². The van der Waals surface area contributed by atoms with Crippen LogP contribution < -0.4 is 16.2 Å². The lowest BCUT2D eigenvalue weighted by molar-refractivity contribution is 0.0998. The molecule has 0 saturated carbocycles. The molecule has 18 heavy (non-hydrogen) atoms. The molecule has 2 aromatic carbocycles. The van der Waals surface area contributed by atoms with Crippen molar-refractivity contribution in [2.24, 2.45) is 5.73 Å². The van der Waals surface area contributed by atoms with Gasteiger partial charge in [0, 0.05) is 5.69 Å². The maximum Gasteiger partial charge on any atom is 0.252 e. The lowest BCUT2D eigenvalue weighted by Crippen LogP contribution is -2.12. The molecule has 0 aliphatic carbocycles. The van der Waals surface area contributed by atoms with Crippen molar-refractivity contribution in [1.82, 2.24) is 0 Å². The Morgan fingerprint density at radius 2 is 1.83 bits per heavy atom. The average molecular weight is 263 g/mol. The van der Waals surface area contributed by atoms with Gasteiger partial charge in [-0.1, -0.05) is 23.7 Å². The van der Waals surface area contributed by atoms with Gasteiger partial charge in [-0.25, -0.2) is 0 Å². The lowest BCUT2D eigenvalue weighted by atomic mass is 10.1. The molecule has 0 aromatic heterocycles. The molecule has 0 saturated heterocycles. The zero-order chi connectivity index (χ0) is 13.1. The maximum absolute atomic E-state index is 11.3. The van der Waals surface area contributed by atoms with Gasteiger partial charge in [-0.2, -0.15) is 0 Å². The number of carbonyl (C=O) groups is 1. The van der Waals surface area contributed by atoms with E-state index in [0.29, 0.717) is 22.2 Å². The van der Waals surface area contributed by atoms with Crippen LogP contribution in [0.2, 0.25) is 5.02 Å². The normalized spacial score (nSPS) is 10.1. The molecular weight excluding hydrogens is 252 g/mol. The van der Waals surface area contributed by atoms with Crippen LogP contribution in [-0.2, 0) is 0 Å². The summed E-state index contributed by atoms with van der Waals surface area (Å²) in [6, 6.07) is 11.6. The van der Waals surface area contributed by atoms with E-state index in [4.69, 9.17) is 27.8 Å². The van der Waals surface area contributed by atoms with Crippen molar-refractivity contribution in [3.8, 4) is 11.5 Å². The first kappa shape index (κ1) is 12.3. The third-order valence-corrected chi connectivity index (χ3v) is 2.64. The number of hydrogen-bond donors (Lipinski definition) is 2. The summed E-state index contributed by atoms with van der Waals surface area (Å²) in [6.07, 6.45) is 0. The number of primary amides is 1. The molecule has 2 aromatic rings. The SMILES string of the molecule is NC(=O)c1cc(N)ccc1Oc1ccccc1Cl. The highest BCUT2D eigenvalue weighted by molar-refractivity contribution is 6.32. The minimum atomic E-state index is -0.607. The van der Waals surface area contributed by atoms with Crippen LogP contribution in [0.25, 0.3) is 0 Å². The second-order valence-corrected chi connectivity index (χ2v) is 4.06. The number of halogens is 1. The van der Waals surface area contributed by atoms with Gasteiger partial charge < -0.3 is 16.2 Å². The van der Waals surface area contributed by atoms with Crippen LogP contribution in [0.5, 0.6) is 11.5 Å². The molecule has 0 radical (unpaired) electrons. The lowest BCUT2D eigenvalue weighted by Gasteiger charge is -2.10. The first-order valence-corrected chi connectivity index (χ1v) is 5.57. The molecule has 0 fully saturated rings. The Bertz CT molecular complexity index is 599. The molecule has 4 N–H and O–H groups in total. The van der Waals surface area contributed by atoms with Crippen LogP contribution in [0, 0.1) is 0 Å². The maximum atomic E-state index is 11.3. The average Bonchev–Trinajstić information content (AvgIpc) is 2.34. The molecule has 0 unspecified atom stereocenters. The van der Waals surface area contributed by atoms with Crippen molar-refractivity contribution < 1.29 is 9.53 Å². The van der Waals surface area contributed by atoms with Crippen LogP contribution in [0.3, 0.4) is 0 Å². The van der Waals surface area contributed by atoms with E-state index in [2.05, 4.69) is 0 Å². The Labute approximate surface area is 109 Å². The summed E-state index contributed by atoms with van der Waals surface area (Å²) in [5.41, 5.74) is 11.5. The predicted octanol–water partition coefficient (Wildman–Crippen LogP) is 2.81. The van der Waals surface area contributed by atoms with E-state index in [1.165, 1.54) is 6.07 Å². The fraction of sp³-hybridized carbons (Fsp3) is 0. The first-order chi connectivity index (χ1) is 8.58. The van der Waals surface area contributed by atoms with Crippen LogP contribution in [-0.4, -0.2) is 5.91 Å². The number of anilines is 1. The topological polar surface area (TPSA) is 78.3 Å². The number of nitrogens with two attached hydrogens (primary N) is 2. The highest BCUT2D eigenvalue weighted by atomic mass is 35.5. The number of para-hydroxylation sites is 1. The van der Waals surface area contributed by atoms with Gasteiger partial charge in [-0.3, -0.25) is 4.79 Å². The summed E-state index contributed by atoms with van der Waals surface area (Å²) in [5.74, 6) is 0.167. The standard InChI is InChI=1S/C13H11ClN2O2/c14-10-3-1-2-4-12(10)18-11-6-5-8(15)7-9(11)13(16)17/h1-7H,15H2,(H2,16,17). The molecule has 1 amide bonds. The zero-order valence-electron chi connectivity index (χ0n) is 9.39. The van der Waals surface area contributed by atoms with Gasteiger partial charge in [0.2, 0.25) is 0 Å². The fourth-order valence-electron chi connectivity index (χ4n) is 1.48. The summed E-state index contributed by atoms with van der Waals surface area (Å²) >= 11 is 5.97. The van der Waals surface area contributed by atoms with E-state index in [1.807, 2.05) is 0 Å². The van der Waals surface area contributed by atoms with E-state index in [9.17, 15) is 4.79 Å². The zero-order valence-corrected chi connectivity index (χ0v) is 10.1. The third kappa shape index (κ3) is 2.55. The molecule has 0 bridgehead atoms. The van der Waals surface area contributed by atoms with Crippen molar-refractivity contribution in [3.63, 3.8) is 0 Å². The molecule has 0 heterocycles. The van der Waals surface area contributed by atoms with E-state index in [1.54, 1.807) is 36.4 Å². The highest BCUT2D eigenvalue weighted by Crippen LogP contribution is 2.31. The molecule has 0 aliphatic heterocycles. The monoisotopic (exact) mass is 262 g/mol. The minimum Gasteiger partial charge on any atom is -0.455 e. The predicted molar refractivity (Wildman–Crippen MR) is 70.9 cm³/mol. The summed E-state index contributed by atoms with van der Waals surface area (Å²) in [6.45, 7) is 0. The molecule has 4 nitrogen and oxygen atoms in total. The van der Waals surface area contributed by atoms with Crippen LogP contribution in [0.1, 0.15) is 10.4 Å². The van der Waals surface area contributed by atoms with Gasteiger partial charge in [-0.15, -0.1) is 0 Å². The van der Waals surface area contributed by atoms with Crippen molar-refractivity contribution in [2.75, 3.05) is 5.73 Å². The molecule has 0 aliphatic rings. The van der Waals surface area contributed by atoms with Gasteiger partial charge in [0.15, 0.2) is 0 Å². The second kappa shape index (κ2) is 4.98. The van der Waals surface area contributed by atoms with E-state index in [-0.39, 0.29) is 5.56 Å². The quantitative estimate of drug-likeness (QED) is 0.835. The summed E-state index contributed by atoms with van der Waals surface area (Å²) in [5, 5.41) is 0.449. The van der Waals surface area contributed by atoms with E-state index < -0.39 is 5.91 Å². The van der Waals surface area contributed by atoms with Crippen molar-refractivity contribution in [3.05, 3.63) is 53.1 Å². The Morgan fingerprint density at radius 3 is 2.50 bits per heavy atom. The summed E-state index contributed by atoms with van der Waals surface area (Å²) in [4.78, 5) is 11.3. The van der Waals surface area contributed by atoms with E-state index >= 15 is 0 Å². The number of amides is 1. The van der Waals surface area contributed by atoms with E-state index in [0.717, 1.165) is 0 Å². The summed E-state index contributed by atoms with van der Waals surface area (Å²) in [7, 11) is 0. The molecular formula is C13H11ClN2O2. The van der Waals surface area contributed by atoms with Crippen molar-refractivity contribution >= 4 is 23.2 Å². The molecule has 2 rings (SSSR count). The molecule has 92 valence electrons. The summed E-state index contributed by atoms with van der Waals surface area (Å²) < 4.78 is 5.57. The third-order valence-electron chi connectivity index (χ3n) is 2.33. The van der Waals surface area contributed by atoms with Crippen LogP contribution in [0.15, 0.2) is 42.5 Å². The molecule has 5 heteroatoms. The Hall–Kier alpha value is -2.20. The van der Waals surface area contributed by atoms with Crippen molar-refractivity contribution in [1.29, 1.82) is 0 Å². The van der Waals surface area contributed by atoms with Gasteiger partial charge in [-0.05, 0) is 30.3 Å². The van der Waals surface area contributed by atoms with Gasteiger partial charge >= 0.3 is 0 Å². The van der Waals surface area contributed by atoms with Crippen molar-refractivity contribution in [2.45, 2.75) is 0 Å². The molecule has 0 atom stereocenters. The van der Waals surface area contributed by atoms with Crippen LogP contribution in [0.4, 0.5) is 5.69 Å². The highest BCUT2D eigenvalue weighted by Gasteiger charge is 2.12. The Balaban J connectivity index is 2.41. The second-order valence-electron chi connectivity index (χ2n) is 3.65. The van der Waals surface area contributed by atoms with Gasteiger partial charge in [0.05, 0.1) is 10.6 Å². The number of nitrogen functional groups attached to an aromatic ring is 1. The number of hydrogen-bond acceptors (Lipinski definition) is 3. The van der Waals surface area contributed by atoms with Gasteiger partial charge in [0.1, 0.15) is 11.5 Å². The van der Waals surface area contributed by atoms with Crippen LogP contribution >= 0.6 is 11.6 Å². The number of carbonyl (C=O) groups excluding carboxylic acids is 1. The smallest absolute Gasteiger partial charge is 0.252 e. The minimum absolute atomic E-state index is 0.218. The largest absolute Gasteiger partial charge is 0.455 e. The molecule has 0 spiro atoms. The number of ether oxygens (including phenoxy) is 1.